The number of benzene rings is 1. The summed E-state index contributed by atoms with van der Waals surface area (Å²) in [5.74, 6) is 0.277. The van der Waals surface area contributed by atoms with Gasteiger partial charge in [-0.3, -0.25) is 9.59 Å². The van der Waals surface area contributed by atoms with Gasteiger partial charge in [-0.15, -0.1) is 0 Å². The van der Waals surface area contributed by atoms with Gasteiger partial charge in [-0.1, -0.05) is 49.6 Å². The molecule has 1 saturated carbocycles. The van der Waals surface area contributed by atoms with Crippen molar-refractivity contribution in [2.24, 2.45) is 16.4 Å². The van der Waals surface area contributed by atoms with Crippen LogP contribution in [0.4, 0.5) is 0 Å². The molecule has 1 atom stereocenters. The summed E-state index contributed by atoms with van der Waals surface area (Å²) in [4.78, 5) is 25.3. The lowest BCUT2D eigenvalue weighted by molar-refractivity contribution is -0.137. The highest BCUT2D eigenvalue weighted by atomic mass is 16.2. The fraction of sp³-hybridized carbons (Fsp3) is 0.526. The first-order valence-electron chi connectivity index (χ1n) is 8.49. The zero-order chi connectivity index (χ0) is 16.4. The van der Waals surface area contributed by atoms with Crippen molar-refractivity contribution in [3.8, 4) is 0 Å². The molecule has 0 unspecified atom stereocenters. The van der Waals surface area contributed by atoms with E-state index in [1.54, 1.807) is 12.1 Å². The molecule has 122 valence electrons. The average molecular weight is 312 g/mol. The van der Waals surface area contributed by atoms with Gasteiger partial charge in [-0.2, -0.15) is 5.10 Å². The van der Waals surface area contributed by atoms with Crippen LogP contribution in [0, 0.1) is 11.3 Å². The van der Waals surface area contributed by atoms with Crippen LogP contribution < -0.4 is 0 Å². The number of rotatable bonds is 4. The second kappa shape index (κ2) is 6.26. The molecular formula is C19H24N2O2. The maximum absolute atomic E-state index is 13.0. The zero-order valence-corrected chi connectivity index (χ0v) is 13.9. The van der Waals surface area contributed by atoms with Crippen LogP contribution in [0.15, 0.2) is 35.4 Å². The van der Waals surface area contributed by atoms with Gasteiger partial charge in [-0.05, 0) is 32.6 Å². The Bertz CT molecular complexity index is 632. The van der Waals surface area contributed by atoms with E-state index in [1.807, 2.05) is 32.0 Å². The summed E-state index contributed by atoms with van der Waals surface area (Å²) in [6, 6.07) is 9.10. The van der Waals surface area contributed by atoms with Crippen LogP contribution in [0.3, 0.4) is 0 Å². The minimum atomic E-state index is -0.530. The average Bonchev–Trinajstić information content (AvgIpc) is 2.81. The SMILES string of the molecule is CC1=NN(CC(=O)c2ccccc2)C(=O)[C@@]1(C)C1CCCCC1. The Balaban J connectivity index is 1.76. The molecule has 1 fully saturated rings. The van der Waals surface area contributed by atoms with Crippen LogP contribution in [0.1, 0.15) is 56.3 Å². The summed E-state index contributed by atoms with van der Waals surface area (Å²) in [6.45, 7) is 3.97. The third kappa shape index (κ3) is 2.82. The molecule has 0 spiro atoms. The topological polar surface area (TPSA) is 49.7 Å². The molecule has 1 aliphatic carbocycles. The highest BCUT2D eigenvalue weighted by molar-refractivity contribution is 6.12. The molecule has 1 aromatic rings. The van der Waals surface area contributed by atoms with Crippen LogP contribution in [-0.4, -0.2) is 29.0 Å². The van der Waals surface area contributed by atoms with Gasteiger partial charge >= 0.3 is 0 Å². The van der Waals surface area contributed by atoms with Gasteiger partial charge in [0, 0.05) is 5.56 Å². The molecule has 1 aromatic carbocycles. The lowest BCUT2D eigenvalue weighted by Gasteiger charge is -2.35. The Kier molecular flexibility index (Phi) is 4.33. The van der Waals surface area contributed by atoms with E-state index in [0.717, 1.165) is 18.6 Å². The Labute approximate surface area is 137 Å². The van der Waals surface area contributed by atoms with Crippen molar-refractivity contribution in [1.29, 1.82) is 0 Å². The van der Waals surface area contributed by atoms with E-state index in [0.29, 0.717) is 11.5 Å². The number of carbonyl (C=O) groups excluding carboxylic acids is 2. The number of carbonyl (C=O) groups is 2. The molecule has 23 heavy (non-hydrogen) atoms. The van der Waals surface area contributed by atoms with Crippen molar-refractivity contribution in [3.63, 3.8) is 0 Å². The fourth-order valence-electron chi connectivity index (χ4n) is 3.86. The summed E-state index contributed by atoms with van der Waals surface area (Å²) in [6.07, 6.45) is 5.78. The number of ketones is 1. The van der Waals surface area contributed by atoms with Crippen LogP contribution in [0.2, 0.25) is 0 Å². The second-order valence-corrected chi connectivity index (χ2v) is 6.87. The molecule has 0 saturated heterocycles. The van der Waals surface area contributed by atoms with Crippen molar-refractivity contribution >= 4 is 17.4 Å². The molecule has 0 radical (unpaired) electrons. The smallest absolute Gasteiger partial charge is 0.255 e. The van der Waals surface area contributed by atoms with E-state index in [2.05, 4.69) is 5.10 Å². The molecular weight excluding hydrogens is 288 g/mol. The number of hydrogen-bond acceptors (Lipinski definition) is 3. The monoisotopic (exact) mass is 312 g/mol. The summed E-state index contributed by atoms with van der Waals surface area (Å²) >= 11 is 0. The quantitative estimate of drug-likeness (QED) is 0.796. The van der Waals surface area contributed by atoms with Crippen LogP contribution in [0.5, 0.6) is 0 Å². The van der Waals surface area contributed by atoms with Gasteiger partial charge in [0.05, 0.1) is 11.1 Å². The molecule has 1 amide bonds. The van der Waals surface area contributed by atoms with Crippen molar-refractivity contribution in [2.45, 2.75) is 46.0 Å². The van der Waals surface area contributed by atoms with Crippen molar-refractivity contribution in [3.05, 3.63) is 35.9 Å². The van der Waals surface area contributed by atoms with Crippen molar-refractivity contribution in [1.82, 2.24) is 5.01 Å². The Morgan fingerprint density at radius 2 is 1.87 bits per heavy atom. The largest absolute Gasteiger partial charge is 0.292 e. The maximum Gasteiger partial charge on any atom is 0.255 e. The summed E-state index contributed by atoms with van der Waals surface area (Å²) in [5.41, 5.74) is 0.951. The predicted molar refractivity (Wildman–Crippen MR) is 90.3 cm³/mol. The van der Waals surface area contributed by atoms with E-state index >= 15 is 0 Å². The van der Waals surface area contributed by atoms with Gasteiger partial charge < -0.3 is 0 Å². The second-order valence-electron chi connectivity index (χ2n) is 6.87. The Hall–Kier alpha value is -1.97. The molecule has 3 rings (SSSR count). The van der Waals surface area contributed by atoms with E-state index in [4.69, 9.17) is 0 Å². The molecule has 4 nitrogen and oxygen atoms in total. The minimum Gasteiger partial charge on any atom is -0.292 e. The number of Topliss-reactive ketones (excluding diaryl/α,β-unsaturated/α-hetero) is 1. The first kappa shape index (κ1) is 15.9. The Morgan fingerprint density at radius 3 is 2.52 bits per heavy atom. The molecule has 0 bridgehead atoms. The van der Waals surface area contributed by atoms with Crippen molar-refractivity contribution in [2.75, 3.05) is 6.54 Å². The summed E-state index contributed by atoms with van der Waals surface area (Å²) in [5, 5.41) is 5.83. The molecule has 1 aliphatic heterocycles. The zero-order valence-electron chi connectivity index (χ0n) is 13.9. The van der Waals surface area contributed by atoms with Gasteiger partial charge in [-0.25, -0.2) is 5.01 Å². The van der Waals surface area contributed by atoms with Gasteiger partial charge in [0.2, 0.25) is 0 Å². The number of hydrogen-bond donors (Lipinski definition) is 0. The molecule has 2 aliphatic rings. The normalized spacial score (nSPS) is 25.6. The van der Waals surface area contributed by atoms with E-state index in [-0.39, 0.29) is 18.2 Å². The van der Waals surface area contributed by atoms with E-state index < -0.39 is 5.41 Å². The Morgan fingerprint density at radius 1 is 1.22 bits per heavy atom. The van der Waals surface area contributed by atoms with E-state index in [9.17, 15) is 9.59 Å². The molecule has 1 heterocycles. The first-order valence-corrected chi connectivity index (χ1v) is 8.49. The molecule has 0 N–H and O–H groups in total. The number of hydrazone groups is 1. The highest BCUT2D eigenvalue weighted by Gasteiger charge is 2.50. The van der Waals surface area contributed by atoms with Crippen LogP contribution in [-0.2, 0) is 4.79 Å². The minimum absolute atomic E-state index is 0.00817. The van der Waals surface area contributed by atoms with Gasteiger partial charge in [0.15, 0.2) is 5.78 Å². The number of nitrogens with zero attached hydrogens (tertiary/aromatic N) is 2. The van der Waals surface area contributed by atoms with Crippen molar-refractivity contribution < 1.29 is 9.59 Å². The summed E-state index contributed by atoms with van der Waals surface area (Å²) in [7, 11) is 0. The van der Waals surface area contributed by atoms with E-state index in [1.165, 1.54) is 24.3 Å². The van der Waals surface area contributed by atoms with Crippen LogP contribution >= 0.6 is 0 Å². The number of amides is 1. The lowest BCUT2D eigenvalue weighted by atomic mass is 9.67. The standard InChI is InChI=1S/C19H24N2O2/c1-14-19(2,16-11-7-4-8-12-16)18(23)21(20-14)13-17(22)15-9-5-3-6-10-15/h3,5-6,9-10,16H,4,7-8,11-13H2,1-2H3/t19-/m1/s1. The summed E-state index contributed by atoms with van der Waals surface area (Å²) < 4.78 is 0. The van der Waals surface area contributed by atoms with Gasteiger partial charge in [0.1, 0.15) is 6.54 Å². The predicted octanol–water partition coefficient (Wildman–Crippen LogP) is 3.67. The third-order valence-corrected chi connectivity index (χ3v) is 5.51. The fourth-order valence-corrected chi connectivity index (χ4v) is 3.86. The molecule has 4 heteroatoms. The third-order valence-electron chi connectivity index (χ3n) is 5.51. The first-order chi connectivity index (χ1) is 11.0. The maximum atomic E-state index is 13.0. The molecule has 0 aromatic heterocycles. The lowest BCUT2D eigenvalue weighted by Crippen LogP contribution is -2.44. The van der Waals surface area contributed by atoms with Gasteiger partial charge in [0.25, 0.3) is 5.91 Å². The van der Waals surface area contributed by atoms with Crippen LogP contribution in [0.25, 0.3) is 0 Å². The highest BCUT2D eigenvalue weighted by Crippen LogP contribution is 2.43.